The Bertz CT molecular complexity index is 920. The molecule has 0 radical (unpaired) electrons. The number of hydrogen-bond acceptors (Lipinski definition) is 6. The number of carbonyl (C=O) groups excluding carboxylic acids is 1. The molecule has 0 aliphatic carbocycles. The van der Waals surface area contributed by atoms with Gasteiger partial charge < -0.3 is 14.8 Å². The Morgan fingerprint density at radius 3 is 2.48 bits per heavy atom. The number of alkyl halides is 5. The quantitative estimate of drug-likeness (QED) is 0.403. The number of halogens is 6. The van der Waals surface area contributed by atoms with Crippen molar-refractivity contribution in [3.05, 3.63) is 23.0 Å². The minimum Gasteiger partial charge on any atom is -0.461 e. The highest BCUT2D eigenvalue weighted by Crippen LogP contribution is 2.39. The fraction of sp³-hybridized carbons (Fsp3) is 0.500. The Balaban J connectivity index is 2.57. The minimum absolute atomic E-state index is 0.0322. The summed E-state index contributed by atoms with van der Waals surface area (Å²) >= 11 is 6.27. The van der Waals surface area contributed by atoms with Gasteiger partial charge in [0.05, 0.1) is 17.9 Å². The number of ether oxygens (including phenoxy) is 2. The number of nitrogens with one attached hydrogen (secondary N) is 1. The zero-order valence-corrected chi connectivity index (χ0v) is 17.5. The standard InChI is InChI=1S/C18H20ClF5N4O3/c1-4-11(18(22,23)24)26-12-7-10(31-17(20)21)9(8-25-12)15-13(19)14(16(29)30-6-3)27-28(15)5-2/h7-8,11,17H,4-6H2,1-3H3,(H,25,26). The second kappa shape index (κ2) is 10.1. The van der Waals surface area contributed by atoms with Gasteiger partial charge in [0.15, 0.2) is 5.69 Å². The van der Waals surface area contributed by atoms with Crippen LogP contribution in [0.25, 0.3) is 11.3 Å². The molecule has 2 heterocycles. The van der Waals surface area contributed by atoms with E-state index in [1.807, 2.05) is 0 Å². The molecule has 0 aliphatic heterocycles. The van der Waals surface area contributed by atoms with Crippen LogP contribution in [-0.2, 0) is 11.3 Å². The van der Waals surface area contributed by atoms with Crippen LogP contribution in [0.15, 0.2) is 12.3 Å². The molecule has 0 bridgehead atoms. The van der Waals surface area contributed by atoms with Crippen molar-refractivity contribution in [2.24, 2.45) is 0 Å². The predicted molar refractivity (Wildman–Crippen MR) is 102 cm³/mol. The van der Waals surface area contributed by atoms with Gasteiger partial charge in [0.2, 0.25) is 0 Å². The van der Waals surface area contributed by atoms with Crippen LogP contribution in [0.2, 0.25) is 5.02 Å². The zero-order valence-electron chi connectivity index (χ0n) is 16.8. The van der Waals surface area contributed by atoms with Crippen molar-refractivity contribution in [3.8, 4) is 17.0 Å². The maximum Gasteiger partial charge on any atom is 0.408 e. The number of rotatable bonds is 9. The van der Waals surface area contributed by atoms with Gasteiger partial charge in [-0.05, 0) is 20.3 Å². The molecule has 0 amide bonds. The van der Waals surface area contributed by atoms with Crippen molar-refractivity contribution in [1.29, 1.82) is 0 Å². The number of pyridine rings is 1. The van der Waals surface area contributed by atoms with Crippen LogP contribution in [0.1, 0.15) is 37.7 Å². The monoisotopic (exact) mass is 470 g/mol. The van der Waals surface area contributed by atoms with Crippen molar-refractivity contribution < 1.29 is 36.2 Å². The van der Waals surface area contributed by atoms with Crippen LogP contribution in [0.5, 0.6) is 5.75 Å². The molecule has 1 atom stereocenters. The first-order valence-electron chi connectivity index (χ1n) is 9.25. The van der Waals surface area contributed by atoms with E-state index in [9.17, 15) is 26.7 Å². The number of carbonyl (C=O) groups is 1. The third-order valence-electron chi connectivity index (χ3n) is 4.13. The highest BCUT2D eigenvalue weighted by atomic mass is 35.5. The Labute approximate surface area is 179 Å². The molecule has 1 unspecified atom stereocenters. The second-order valence-electron chi connectivity index (χ2n) is 6.14. The Hall–Kier alpha value is -2.63. The van der Waals surface area contributed by atoms with Gasteiger partial charge in [-0.1, -0.05) is 18.5 Å². The molecule has 172 valence electrons. The molecule has 0 spiro atoms. The zero-order chi connectivity index (χ0) is 23.3. The lowest BCUT2D eigenvalue weighted by Crippen LogP contribution is -2.35. The molecule has 1 N–H and O–H groups in total. The van der Waals surface area contributed by atoms with Crippen LogP contribution >= 0.6 is 11.6 Å². The van der Waals surface area contributed by atoms with Crippen molar-refractivity contribution in [1.82, 2.24) is 14.8 Å². The first kappa shape index (κ1) is 24.6. The maximum absolute atomic E-state index is 13.0. The average Bonchev–Trinajstić information content (AvgIpc) is 3.01. The smallest absolute Gasteiger partial charge is 0.408 e. The van der Waals surface area contributed by atoms with Crippen molar-refractivity contribution >= 4 is 23.4 Å². The number of aromatic nitrogens is 3. The molecule has 2 aromatic rings. The summed E-state index contributed by atoms with van der Waals surface area (Å²) in [6.07, 6.45) is -3.86. The van der Waals surface area contributed by atoms with E-state index >= 15 is 0 Å². The summed E-state index contributed by atoms with van der Waals surface area (Å²) < 4.78 is 75.8. The second-order valence-corrected chi connectivity index (χ2v) is 6.52. The van der Waals surface area contributed by atoms with Crippen LogP contribution in [0.3, 0.4) is 0 Å². The highest BCUT2D eigenvalue weighted by Gasteiger charge is 2.38. The van der Waals surface area contributed by atoms with Crippen LogP contribution in [0.4, 0.5) is 27.8 Å². The summed E-state index contributed by atoms with van der Waals surface area (Å²) in [5.74, 6) is -1.64. The molecule has 0 saturated heterocycles. The summed E-state index contributed by atoms with van der Waals surface area (Å²) in [6.45, 7) is 1.52. The first-order valence-corrected chi connectivity index (χ1v) is 9.63. The lowest BCUT2D eigenvalue weighted by Gasteiger charge is -2.21. The van der Waals surface area contributed by atoms with Gasteiger partial charge in [-0.2, -0.15) is 27.1 Å². The van der Waals surface area contributed by atoms with Gasteiger partial charge in [-0.3, -0.25) is 4.68 Å². The third kappa shape index (κ3) is 5.75. The van der Waals surface area contributed by atoms with Gasteiger partial charge in [0.1, 0.15) is 22.6 Å². The Morgan fingerprint density at radius 1 is 1.29 bits per heavy atom. The van der Waals surface area contributed by atoms with Crippen LogP contribution in [0, 0.1) is 0 Å². The number of nitrogens with zero attached hydrogens (tertiary/aromatic N) is 3. The Morgan fingerprint density at radius 2 is 1.97 bits per heavy atom. The molecule has 13 heteroatoms. The molecule has 7 nitrogen and oxygen atoms in total. The summed E-state index contributed by atoms with van der Waals surface area (Å²) in [4.78, 5) is 16.0. The minimum atomic E-state index is -4.57. The fourth-order valence-electron chi connectivity index (χ4n) is 2.74. The van der Waals surface area contributed by atoms with Gasteiger partial charge in [0.25, 0.3) is 0 Å². The molecule has 31 heavy (non-hydrogen) atoms. The van der Waals surface area contributed by atoms with Gasteiger partial charge in [-0.25, -0.2) is 9.78 Å². The molecule has 0 saturated carbocycles. The highest BCUT2D eigenvalue weighted by molar-refractivity contribution is 6.36. The lowest BCUT2D eigenvalue weighted by molar-refractivity contribution is -0.142. The van der Waals surface area contributed by atoms with E-state index < -0.39 is 30.5 Å². The number of hydrogen-bond donors (Lipinski definition) is 1. The van der Waals surface area contributed by atoms with E-state index in [1.54, 1.807) is 13.8 Å². The molecule has 2 rings (SSSR count). The van der Waals surface area contributed by atoms with E-state index in [0.717, 1.165) is 12.3 Å². The van der Waals surface area contributed by atoms with Crippen molar-refractivity contribution in [2.75, 3.05) is 11.9 Å². The normalized spacial score (nSPS) is 12.7. The number of esters is 1. The SMILES string of the molecule is CCOC(=O)c1nn(CC)c(-c2cnc(NC(CC)C(F)(F)F)cc2OC(F)F)c1Cl. The largest absolute Gasteiger partial charge is 0.461 e. The molecule has 0 aromatic carbocycles. The Kier molecular flexibility index (Phi) is 8.04. The van der Waals surface area contributed by atoms with Crippen LogP contribution in [-0.4, -0.2) is 46.2 Å². The van der Waals surface area contributed by atoms with Gasteiger partial charge in [-0.15, -0.1) is 0 Å². The third-order valence-corrected chi connectivity index (χ3v) is 4.48. The number of anilines is 1. The summed E-state index contributed by atoms with van der Waals surface area (Å²) in [6, 6.07) is -1.03. The average molecular weight is 471 g/mol. The summed E-state index contributed by atoms with van der Waals surface area (Å²) in [5, 5.41) is 6.00. The molecular formula is C18H20ClF5N4O3. The summed E-state index contributed by atoms with van der Waals surface area (Å²) in [5.41, 5.74) is -0.292. The first-order chi connectivity index (χ1) is 14.5. The molecule has 0 fully saturated rings. The maximum atomic E-state index is 13.0. The lowest BCUT2D eigenvalue weighted by atomic mass is 10.1. The topological polar surface area (TPSA) is 78.3 Å². The molecule has 2 aromatic heterocycles. The van der Waals surface area contributed by atoms with Crippen LogP contribution < -0.4 is 10.1 Å². The van der Waals surface area contributed by atoms with Crippen molar-refractivity contribution in [3.63, 3.8) is 0 Å². The van der Waals surface area contributed by atoms with Gasteiger partial charge >= 0.3 is 18.8 Å². The van der Waals surface area contributed by atoms with E-state index in [4.69, 9.17) is 16.3 Å². The predicted octanol–water partition coefficient (Wildman–Crippen LogP) is 5.15. The van der Waals surface area contributed by atoms with E-state index in [-0.39, 0.29) is 47.4 Å². The fourth-order valence-corrected chi connectivity index (χ4v) is 3.05. The van der Waals surface area contributed by atoms with Gasteiger partial charge in [0, 0.05) is 18.8 Å². The van der Waals surface area contributed by atoms with Crippen molar-refractivity contribution in [2.45, 2.75) is 52.6 Å². The van der Waals surface area contributed by atoms with E-state index in [2.05, 4.69) is 20.1 Å². The molecular weight excluding hydrogens is 451 g/mol. The number of aryl methyl sites for hydroxylation is 1. The summed E-state index contributed by atoms with van der Waals surface area (Å²) in [7, 11) is 0. The van der Waals surface area contributed by atoms with E-state index in [0.29, 0.717) is 0 Å². The van der Waals surface area contributed by atoms with E-state index in [1.165, 1.54) is 11.6 Å². The molecule has 0 aliphatic rings.